The van der Waals surface area contributed by atoms with Crippen LogP contribution in [0.1, 0.15) is 73.6 Å². The molecule has 1 aliphatic carbocycles. The molecule has 0 saturated heterocycles. The topological polar surface area (TPSA) is 51.7 Å². The number of hydrogen-bond acceptors (Lipinski definition) is 5. The second-order valence-electron chi connectivity index (χ2n) is 11.2. The summed E-state index contributed by atoms with van der Waals surface area (Å²) >= 11 is 0. The Morgan fingerprint density at radius 2 is 1.72 bits per heavy atom. The van der Waals surface area contributed by atoms with E-state index in [0.717, 1.165) is 41.2 Å². The number of fused-ring (bicyclic) bond motifs is 1. The number of benzene rings is 1. The smallest absolute Gasteiger partial charge is 0.308 e. The van der Waals surface area contributed by atoms with E-state index in [4.69, 9.17) is 14.5 Å². The Morgan fingerprint density at radius 3 is 2.34 bits per heavy atom. The Hall–Kier alpha value is -2.30. The maximum atomic E-state index is 12.0. The first kappa shape index (κ1) is 24.3. The monoisotopic (exact) mass is 440 g/mol. The van der Waals surface area contributed by atoms with E-state index in [-0.39, 0.29) is 5.97 Å². The van der Waals surface area contributed by atoms with Gasteiger partial charge in [0.1, 0.15) is 17.2 Å². The maximum Gasteiger partial charge on any atom is 0.308 e. The Morgan fingerprint density at radius 1 is 1.03 bits per heavy atom. The molecule has 1 aromatic carbocycles. The van der Waals surface area contributed by atoms with Gasteiger partial charge in [0, 0.05) is 19.0 Å². The molecule has 1 saturated carbocycles. The number of ether oxygens (including phenoxy) is 2. The second-order valence-corrected chi connectivity index (χ2v) is 11.2. The summed E-state index contributed by atoms with van der Waals surface area (Å²) in [7, 11) is 1.95. The van der Waals surface area contributed by atoms with E-state index in [1.165, 1.54) is 12.8 Å². The zero-order valence-electron chi connectivity index (χ0n) is 20.9. The number of hydrogen-bond donors (Lipinski definition) is 0. The largest absolute Gasteiger partial charge is 0.490 e. The molecule has 0 bridgehead atoms. The molecule has 0 spiro atoms. The zero-order valence-corrected chi connectivity index (χ0v) is 20.9. The summed E-state index contributed by atoms with van der Waals surface area (Å²) in [6, 6.07) is 10.2. The Bertz CT molecular complexity index is 919. The van der Waals surface area contributed by atoms with Gasteiger partial charge in [0.25, 0.3) is 0 Å². The van der Waals surface area contributed by atoms with Crippen LogP contribution in [0.15, 0.2) is 30.3 Å². The lowest BCUT2D eigenvalue weighted by Crippen LogP contribution is -2.30. The van der Waals surface area contributed by atoms with Crippen LogP contribution in [0, 0.1) is 11.3 Å². The predicted octanol–water partition coefficient (Wildman–Crippen LogP) is 6.39. The molecule has 0 unspecified atom stereocenters. The van der Waals surface area contributed by atoms with E-state index in [2.05, 4.69) is 32.9 Å². The van der Waals surface area contributed by atoms with E-state index >= 15 is 0 Å². The van der Waals surface area contributed by atoms with Crippen molar-refractivity contribution >= 4 is 22.7 Å². The van der Waals surface area contributed by atoms with Crippen molar-refractivity contribution < 1.29 is 14.3 Å². The minimum atomic E-state index is -0.456. The van der Waals surface area contributed by atoms with Crippen LogP contribution in [-0.4, -0.2) is 36.3 Å². The van der Waals surface area contributed by atoms with Crippen molar-refractivity contribution in [3.63, 3.8) is 0 Å². The first-order valence-electron chi connectivity index (χ1n) is 11.9. The molecule has 3 rings (SSSR count). The molecule has 0 N–H and O–H groups in total. The fourth-order valence-electron chi connectivity index (χ4n) is 4.38. The standard InChI is InChI=1S/C27H40N2O3/c1-26(2,3)20-9-11-21(12-10-20)31-22-13-14-23-19(18-22)8-15-24(28-23)29(7)17-16-25(30)32-27(4,5)6/h8,13-15,18,20-21H,9-12,16-17H2,1-7H3/t20-,21-. The summed E-state index contributed by atoms with van der Waals surface area (Å²) in [6.45, 7) is 13.2. The van der Waals surface area contributed by atoms with Gasteiger partial charge < -0.3 is 14.4 Å². The van der Waals surface area contributed by atoms with E-state index < -0.39 is 5.60 Å². The number of anilines is 1. The first-order chi connectivity index (χ1) is 14.9. The Kier molecular flexibility index (Phi) is 7.36. The van der Waals surface area contributed by atoms with Gasteiger partial charge in [-0.05, 0) is 88.1 Å². The average molecular weight is 441 g/mol. The van der Waals surface area contributed by atoms with Gasteiger partial charge in [-0.2, -0.15) is 0 Å². The zero-order chi connectivity index (χ0) is 23.5. The number of pyridine rings is 1. The van der Waals surface area contributed by atoms with Crippen LogP contribution in [-0.2, 0) is 9.53 Å². The molecule has 0 amide bonds. The third kappa shape index (κ3) is 6.85. The molecular weight excluding hydrogens is 400 g/mol. The van der Waals surface area contributed by atoms with Gasteiger partial charge in [0.05, 0.1) is 18.0 Å². The van der Waals surface area contributed by atoms with Crippen LogP contribution < -0.4 is 9.64 Å². The van der Waals surface area contributed by atoms with Gasteiger partial charge in [0.15, 0.2) is 0 Å². The molecule has 0 radical (unpaired) electrons. The summed E-state index contributed by atoms with van der Waals surface area (Å²) in [5.74, 6) is 2.36. The Balaban J connectivity index is 1.57. The minimum Gasteiger partial charge on any atom is -0.490 e. The molecule has 0 aliphatic heterocycles. The molecule has 32 heavy (non-hydrogen) atoms. The van der Waals surface area contributed by atoms with Crippen molar-refractivity contribution in [3.05, 3.63) is 30.3 Å². The van der Waals surface area contributed by atoms with Gasteiger partial charge in [-0.15, -0.1) is 0 Å². The number of carbonyl (C=O) groups is 1. The van der Waals surface area contributed by atoms with Crippen LogP contribution in [0.2, 0.25) is 0 Å². The summed E-state index contributed by atoms with van der Waals surface area (Å²) in [5, 5.41) is 1.06. The second kappa shape index (κ2) is 9.68. The number of esters is 1. The van der Waals surface area contributed by atoms with E-state index in [0.29, 0.717) is 24.5 Å². The van der Waals surface area contributed by atoms with Gasteiger partial charge in [-0.25, -0.2) is 4.98 Å². The van der Waals surface area contributed by atoms with Crippen molar-refractivity contribution in [2.75, 3.05) is 18.5 Å². The van der Waals surface area contributed by atoms with Crippen LogP contribution in [0.4, 0.5) is 5.82 Å². The van der Waals surface area contributed by atoms with Crippen molar-refractivity contribution in [2.24, 2.45) is 11.3 Å². The lowest BCUT2D eigenvalue weighted by Gasteiger charge is -2.36. The number of rotatable bonds is 6. The van der Waals surface area contributed by atoms with Gasteiger partial charge in [0.2, 0.25) is 0 Å². The quantitative estimate of drug-likeness (QED) is 0.487. The lowest BCUT2D eigenvalue weighted by molar-refractivity contribution is -0.154. The molecule has 0 atom stereocenters. The number of aromatic nitrogens is 1. The fraction of sp³-hybridized carbons (Fsp3) is 0.630. The van der Waals surface area contributed by atoms with Crippen LogP contribution in [0.25, 0.3) is 10.9 Å². The van der Waals surface area contributed by atoms with Crippen molar-refractivity contribution in [1.29, 1.82) is 0 Å². The molecular formula is C27H40N2O3. The minimum absolute atomic E-state index is 0.191. The van der Waals surface area contributed by atoms with Gasteiger partial charge in [-0.1, -0.05) is 20.8 Å². The summed E-state index contributed by atoms with van der Waals surface area (Å²) in [6.07, 6.45) is 5.36. The van der Waals surface area contributed by atoms with Crippen LogP contribution >= 0.6 is 0 Å². The van der Waals surface area contributed by atoms with E-state index in [1.54, 1.807) is 0 Å². The summed E-state index contributed by atoms with van der Waals surface area (Å²) in [4.78, 5) is 18.7. The molecule has 1 heterocycles. The summed E-state index contributed by atoms with van der Waals surface area (Å²) in [5.41, 5.74) is 0.857. The molecule has 2 aromatic rings. The maximum absolute atomic E-state index is 12.0. The molecule has 1 aliphatic rings. The van der Waals surface area contributed by atoms with Crippen LogP contribution in [0.5, 0.6) is 5.75 Å². The molecule has 1 aromatic heterocycles. The third-order valence-electron chi connectivity index (χ3n) is 6.31. The highest BCUT2D eigenvalue weighted by Crippen LogP contribution is 2.39. The first-order valence-corrected chi connectivity index (χ1v) is 11.9. The SMILES string of the molecule is CN(CCC(=O)OC(C)(C)C)c1ccc2cc(O[C@H]3CC[C@H](C(C)(C)C)CC3)ccc2n1. The number of nitrogens with zero attached hydrogens (tertiary/aromatic N) is 2. The third-order valence-corrected chi connectivity index (χ3v) is 6.31. The van der Waals surface area contributed by atoms with Crippen LogP contribution in [0.3, 0.4) is 0 Å². The molecule has 1 fully saturated rings. The average Bonchev–Trinajstić information content (AvgIpc) is 2.70. The molecule has 5 nitrogen and oxygen atoms in total. The molecule has 176 valence electrons. The van der Waals surface area contributed by atoms with E-state index in [9.17, 15) is 4.79 Å². The normalized spacial score (nSPS) is 19.6. The summed E-state index contributed by atoms with van der Waals surface area (Å²) < 4.78 is 11.7. The Labute approximate surface area is 193 Å². The highest BCUT2D eigenvalue weighted by atomic mass is 16.6. The highest BCUT2D eigenvalue weighted by Gasteiger charge is 2.30. The van der Waals surface area contributed by atoms with Crippen molar-refractivity contribution in [3.8, 4) is 5.75 Å². The molecule has 5 heteroatoms. The lowest BCUT2D eigenvalue weighted by atomic mass is 9.72. The predicted molar refractivity (Wildman–Crippen MR) is 131 cm³/mol. The van der Waals surface area contributed by atoms with Gasteiger partial charge in [-0.3, -0.25) is 4.79 Å². The van der Waals surface area contributed by atoms with Crippen molar-refractivity contribution in [1.82, 2.24) is 4.98 Å². The van der Waals surface area contributed by atoms with Gasteiger partial charge >= 0.3 is 5.97 Å². The van der Waals surface area contributed by atoms with E-state index in [1.807, 2.05) is 50.9 Å². The highest BCUT2D eigenvalue weighted by molar-refractivity contribution is 5.82. The fourth-order valence-corrected chi connectivity index (χ4v) is 4.38. The number of carbonyl (C=O) groups excluding carboxylic acids is 1. The van der Waals surface area contributed by atoms with Crippen molar-refractivity contribution in [2.45, 2.75) is 85.4 Å².